The van der Waals surface area contributed by atoms with Gasteiger partial charge < -0.3 is 5.11 Å². The van der Waals surface area contributed by atoms with Crippen LogP contribution in [0.4, 0.5) is 0 Å². The molecule has 0 aliphatic rings. The molecule has 1 rings (SSSR count). The zero-order valence-electron chi connectivity index (χ0n) is 7.98. The fourth-order valence-electron chi connectivity index (χ4n) is 1.28. The third-order valence-electron chi connectivity index (χ3n) is 1.99. The molecule has 0 bridgehead atoms. The third kappa shape index (κ3) is 3.90. The molecule has 0 radical (unpaired) electrons. The van der Waals surface area contributed by atoms with Crippen LogP contribution in [0, 0.1) is 0 Å². The van der Waals surface area contributed by atoms with Gasteiger partial charge in [-0.2, -0.15) is 0 Å². The largest absolute Gasteiger partial charge is 0.389 e. The second-order valence-corrected chi connectivity index (χ2v) is 3.12. The second kappa shape index (κ2) is 5.55. The minimum atomic E-state index is -0.301. The topological polar surface area (TPSA) is 20.2 Å². The molecule has 0 aliphatic carbocycles. The van der Waals surface area contributed by atoms with E-state index in [0.29, 0.717) is 0 Å². The lowest BCUT2D eigenvalue weighted by molar-refractivity contribution is 0.213. The molecular weight excluding hydrogens is 160 g/mol. The van der Waals surface area contributed by atoms with E-state index in [1.165, 1.54) is 5.56 Å². The minimum absolute atomic E-state index is 0.301. The molecule has 0 fully saturated rings. The Hall–Kier alpha value is -1.08. The van der Waals surface area contributed by atoms with Crippen molar-refractivity contribution in [3.63, 3.8) is 0 Å². The van der Waals surface area contributed by atoms with E-state index in [1.54, 1.807) is 0 Å². The van der Waals surface area contributed by atoms with E-state index in [4.69, 9.17) is 0 Å². The highest BCUT2D eigenvalue weighted by Crippen LogP contribution is 2.05. The summed E-state index contributed by atoms with van der Waals surface area (Å²) in [5, 5.41) is 9.42. The first-order valence-corrected chi connectivity index (χ1v) is 4.67. The van der Waals surface area contributed by atoms with E-state index in [2.05, 4.69) is 12.1 Å². The van der Waals surface area contributed by atoms with Crippen LogP contribution >= 0.6 is 0 Å². The number of aryl methyl sites for hydroxylation is 1. The summed E-state index contributed by atoms with van der Waals surface area (Å²) >= 11 is 0. The Morgan fingerprint density at radius 3 is 2.62 bits per heavy atom. The molecule has 0 unspecified atom stereocenters. The summed E-state index contributed by atoms with van der Waals surface area (Å²) in [5.74, 6) is 0. The average molecular weight is 176 g/mol. The number of rotatable bonds is 4. The smallest absolute Gasteiger partial charge is 0.0724 e. The SMILES string of the molecule is CC=C[C@@H](O)CCc1ccccc1. The van der Waals surface area contributed by atoms with Crippen LogP contribution in [0.15, 0.2) is 42.5 Å². The molecule has 0 aliphatic heterocycles. The summed E-state index contributed by atoms with van der Waals surface area (Å²) in [7, 11) is 0. The quantitative estimate of drug-likeness (QED) is 0.699. The van der Waals surface area contributed by atoms with Crippen molar-refractivity contribution in [3.05, 3.63) is 48.0 Å². The van der Waals surface area contributed by atoms with Gasteiger partial charge in [0.2, 0.25) is 0 Å². The first kappa shape index (κ1) is 10.0. The summed E-state index contributed by atoms with van der Waals surface area (Å²) in [6, 6.07) is 10.2. The van der Waals surface area contributed by atoms with Crippen molar-refractivity contribution in [3.8, 4) is 0 Å². The van der Waals surface area contributed by atoms with E-state index >= 15 is 0 Å². The zero-order valence-corrected chi connectivity index (χ0v) is 7.98. The summed E-state index contributed by atoms with van der Waals surface area (Å²) in [5.41, 5.74) is 1.28. The van der Waals surface area contributed by atoms with Crippen LogP contribution in [0.5, 0.6) is 0 Å². The number of aliphatic hydroxyl groups is 1. The van der Waals surface area contributed by atoms with Crippen LogP contribution in [0.25, 0.3) is 0 Å². The van der Waals surface area contributed by atoms with E-state index in [9.17, 15) is 5.11 Å². The lowest BCUT2D eigenvalue weighted by Crippen LogP contribution is -2.03. The van der Waals surface area contributed by atoms with Gasteiger partial charge in [0, 0.05) is 0 Å². The number of hydrogen-bond acceptors (Lipinski definition) is 1. The maximum Gasteiger partial charge on any atom is 0.0724 e. The van der Waals surface area contributed by atoms with Gasteiger partial charge in [0.05, 0.1) is 6.10 Å². The predicted molar refractivity (Wildman–Crippen MR) is 55.6 cm³/mol. The van der Waals surface area contributed by atoms with Crippen LogP contribution in [-0.2, 0) is 6.42 Å². The Bertz CT molecular complexity index is 251. The molecule has 0 heterocycles. The number of hydrogen-bond donors (Lipinski definition) is 1. The first-order chi connectivity index (χ1) is 6.33. The third-order valence-corrected chi connectivity index (χ3v) is 1.99. The zero-order chi connectivity index (χ0) is 9.52. The van der Waals surface area contributed by atoms with E-state index in [-0.39, 0.29) is 6.10 Å². The molecular formula is C12H16O. The maximum atomic E-state index is 9.42. The van der Waals surface area contributed by atoms with Crippen LogP contribution in [0.3, 0.4) is 0 Å². The van der Waals surface area contributed by atoms with Gasteiger partial charge in [-0.25, -0.2) is 0 Å². The van der Waals surface area contributed by atoms with Crippen molar-refractivity contribution in [2.45, 2.75) is 25.9 Å². The lowest BCUT2D eigenvalue weighted by atomic mass is 10.1. The highest BCUT2D eigenvalue weighted by molar-refractivity contribution is 5.14. The van der Waals surface area contributed by atoms with Crippen molar-refractivity contribution in [1.82, 2.24) is 0 Å². The average Bonchev–Trinajstić information content (AvgIpc) is 2.17. The molecule has 1 atom stereocenters. The van der Waals surface area contributed by atoms with Gasteiger partial charge in [-0.15, -0.1) is 0 Å². The molecule has 70 valence electrons. The summed E-state index contributed by atoms with van der Waals surface area (Å²) in [6.45, 7) is 1.92. The van der Waals surface area contributed by atoms with Gasteiger partial charge in [0.25, 0.3) is 0 Å². The van der Waals surface area contributed by atoms with Gasteiger partial charge in [0.15, 0.2) is 0 Å². The minimum Gasteiger partial charge on any atom is -0.389 e. The Balaban J connectivity index is 2.35. The number of benzene rings is 1. The molecule has 0 saturated carbocycles. The van der Waals surface area contributed by atoms with Gasteiger partial charge >= 0.3 is 0 Å². The highest BCUT2D eigenvalue weighted by Gasteiger charge is 1.98. The molecule has 1 nitrogen and oxygen atoms in total. The van der Waals surface area contributed by atoms with Crippen molar-refractivity contribution in [1.29, 1.82) is 0 Å². The van der Waals surface area contributed by atoms with Gasteiger partial charge in [-0.3, -0.25) is 0 Å². The fraction of sp³-hybridized carbons (Fsp3) is 0.333. The Kier molecular flexibility index (Phi) is 4.27. The number of allylic oxidation sites excluding steroid dienone is 1. The van der Waals surface area contributed by atoms with Crippen molar-refractivity contribution >= 4 is 0 Å². The van der Waals surface area contributed by atoms with Gasteiger partial charge in [0.1, 0.15) is 0 Å². The van der Waals surface area contributed by atoms with Crippen molar-refractivity contribution in [2.75, 3.05) is 0 Å². The molecule has 0 saturated heterocycles. The van der Waals surface area contributed by atoms with Gasteiger partial charge in [-0.05, 0) is 25.3 Å². The van der Waals surface area contributed by atoms with Crippen LogP contribution in [0.1, 0.15) is 18.9 Å². The first-order valence-electron chi connectivity index (χ1n) is 4.67. The van der Waals surface area contributed by atoms with Crippen LogP contribution in [-0.4, -0.2) is 11.2 Å². The summed E-state index contributed by atoms with van der Waals surface area (Å²) in [4.78, 5) is 0. The second-order valence-electron chi connectivity index (χ2n) is 3.12. The standard InChI is InChI=1S/C12H16O/c1-2-6-12(13)10-9-11-7-4-3-5-8-11/h2-8,12-13H,9-10H2,1H3/t12-/m1/s1. The van der Waals surface area contributed by atoms with Crippen molar-refractivity contribution in [2.24, 2.45) is 0 Å². The molecule has 1 N–H and O–H groups in total. The molecule has 0 amide bonds. The molecule has 13 heavy (non-hydrogen) atoms. The van der Waals surface area contributed by atoms with E-state index in [0.717, 1.165) is 12.8 Å². The Morgan fingerprint density at radius 1 is 1.31 bits per heavy atom. The lowest BCUT2D eigenvalue weighted by Gasteiger charge is -2.04. The maximum absolute atomic E-state index is 9.42. The molecule has 1 aromatic carbocycles. The predicted octanol–water partition coefficient (Wildman–Crippen LogP) is 2.56. The van der Waals surface area contributed by atoms with Crippen molar-refractivity contribution < 1.29 is 5.11 Å². The van der Waals surface area contributed by atoms with Gasteiger partial charge in [-0.1, -0.05) is 42.5 Å². The molecule has 1 aromatic rings. The van der Waals surface area contributed by atoms with Crippen LogP contribution in [0.2, 0.25) is 0 Å². The number of aliphatic hydroxyl groups excluding tert-OH is 1. The Labute approximate surface area is 79.7 Å². The van der Waals surface area contributed by atoms with E-state index in [1.807, 2.05) is 37.3 Å². The fourth-order valence-corrected chi connectivity index (χ4v) is 1.28. The Morgan fingerprint density at radius 2 is 2.00 bits per heavy atom. The highest BCUT2D eigenvalue weighted by atomic mass is 16.3. The molecule has 0 aromatic heterocycles. The molecule has 0 spiro atoms. The van der Waals surface area contributed by atoms with E-state index < -0.39 is 0 Å². The monoisotopic (exact) mass is 176 g/mol. The van der Waals surface area contributed by atoms with Crippen LogP contribution < -0.4 is 0 Å². The summed E-state index contributed by atoms with van der Waals surface area (Å²) < 4.78 is 0. The normalized spacial score (nSPS) is 13.4. The summed E-state index contributed by atoms with van der Waals surface area (Å²) in [6.07, 6.45) is 5.14. The molecule has 1 heteroatoms.